The molecule has 2 bridgehead atoms. The van der Waals surface area contributed by atoms with E-state index in [0.717, 1.165) is 24.4 Å². The molecule has 2 aliphatic heterocycles. The van der Waals surface area contributed by atoms with Gasteiger partial charge < -0.3 is 10.2 Å². The average Bonchev–Trinajstić information content (AvgIpc) is 3.13. The summed E-state index contributed by atoms with van der Waals surface area (Å²) in [5.41, 5.74) is 0.759. The second-order valence-electron chi connectivity index (χ2n) is 6.81. The summed E-state index contributed by atoms with van der Waals surface area (Å²) in [5, 5.41) is 3.22. The topological polar surface area (TPSA) is 32.3 Å². The van der Waals surface area contributed by atoms with E-state index in [2.05, 4.69) is 29.3 Å². The van der Waals surface area contributed by atoms with Crippen molar-refractivity contribution in [2.24, 2.45) is 5.92 Å². The minimum Gasteiger partial charge on any atom is -0.348 e. The molecule has 2 aromatic rings. The fourth-order valence-electron chi connectivity index (χ4n) is 3.69. The van der Waals surface area contributed by atoms with Crippen molar-refractivity contribution in [3.05, 3.63) is 46.8 Å². The number of hydrogen-bond donors (Lipinski definition) is 1. The van der Waals surface area contributed by atoms with Crippen LogP contribution in [0.1, 0.15) is 28.1 Å². The molecule has 0 spiro atoms. The number of carbonyl (C=O) groups is 1. The molecule has 3 atom stereocenters. The van der Waals surface area contributed by atoms with E-state index in [4.69, 9.17) is 0 Å². The molecule has 3 nitrogen and oxygen atoms in total. The van der Waals surface area contributed by atoms with Gasteiger partial charge in [-0.3, -0.25) is 4.79 Å². The van der Waals surface area contributed by atoms with E-state index in [1.54, 1.807) is 23.1 Å². The molecule has 0 radical (unpaired) electrons. The van der Waals surface area contributed by atoms with Crippen LogP contribution in [0.25, 0.3) is 0 Å². The van der Waals surface area contributed by atoms with E-state index in [1.165, 1.54) is 33.5 Å². The summed E-state index contributed by atoms with van der Waals surface area (Å²) in [6.07, 6.45) is 2.42. The fourth-order valence-corrected chi connectivity index (χ4v) is 5.77. The summed E-state index contributed by atoms with van der Waals surface area (Å²) in [6.45, 7) is 5.55. The Labute approximate surface area is 151 Å². The first-order chi connectivity index (χ1) is 11.7. The van der Waals surface area contributed by atoms with Crippen LogP contribution in [0.4, 0.5) is 0 Å². The van der Waals surface area contributed by atoms with Crippen LogP contribution in [-0.2, 0) is 0 Å². The van der Waals surface area contributed by atoms with Gasteiger partial charge in [0.1, 0.15) is 0 Å². The van der Waals surface area contributed by atoms with E-state index in [-0.39, 0.29) is 5.91 Å². The molecule has 0 saturated carbocycles. The summed E-state index contributed by atoms with van der Waals surface area (Å²) in [7, 11) is 0. The molecule has 1 N–H and O–H groups in total. The smallest absolute Gasteiger partial charge is 0.251 e. The summed E-state index contributed by atoms with van der Waals surface area (Å²) < 4.78 is 1.29. The monoisotopic (exact) mass is 358 g/mol. The van der Waals surface area contributed by atoms with Crippen molar-refractivity contribution in [3.63, 3.8) is 0 Å². The molecule has 4 rings (SSSR count). The Balaban J connectivity index is 1.36. The van der Waals surface area contributed by atoms with Crippen LogP contribution < -0.4 is 5.32 Å². The highest BCUT2D eigenvalue weighted by Gasteiger charge is 2.32. The molecule has 1 aromatic heterocycles. The standard InChI is InChI=1S/C19H22N2OS2/c1-13-2-7-18(23-13)24-17-5-3-15(4-6-17)19(22)20-16-10-14-8-9-21(11-14)12-16/h2-7,14,16H,8-12H2,1H3,(H,20,22). The van der Waals surface area contributed by atoms with Crippen LogP contribution in [0.5, 0.6) is 0 Å². The normalized spacial score (nSPS) is 25.6. The quantitative estimate of drug-likeness (QED) is 0.895. The molecule has 0 aliphatic carbocycles. The highest BCUT2D eigenvalue weighted by Crippen LogP contribution is 2.33. The number of rotatable bonds is 4. The van der Waals surface area contributed by atoms with Gasteiger partial charge in [0.25, 0.3) is 5.91 Å². The second-order valence-corrected chi connectivity index (χ2v) is 9.47. The number of amides is 1. The molecule has 1 amide bonds. The number of nitrogens with one attached hydrogen (secondary N) is 1. The maximum atomic E-state index is 12.5. The maximum absolute atomic E-state index is 12.5. The Morgan fingerprint density at radius 3 is 2.75 bits per heavy atom. The highest BCUT2D eigenvalue weighted by molar-refractivity contribution is 8.01. The molecule has 2 aliphatic rings. The van der Waals surface area contributed by atoms with Crippen molar-refractivity contribution in [1.29, 1.82) is 0 Å². The zero-order valence-corrected chi connectivity index (χ0v) is 15.5. The molecule has 24 heavy (non-hydrogen) atoms. The molecule has 126 valence electrons. The molecule has 2 fully saturated rings. The minimum absolute atomic E-state index is 0.0611. The van der Waals surface area contributed by atoms with E-state index in [9.17, 15) is 4.79 Å². The van der Waals surface area contributed by atoms with Gasteiger partial charge in [-0.15, -0.1) is 11.3 Å². The van der Waals surface area contributed by atoms with Crippen LogP contribution >= 0.6 is 23.1 Å². The van der Waals surface area contributed by atoms with Gasteiger partial charge >= 0.3 is 0 Å². The number of thiophene rings is 1. The summed E-state index contributed by atoms with van der Waals surface area (Å²) >= 11 is 3.56. The first-order valence-corrected chi connectivity index (χ1v) is 10.2. The number of benzene rings is 1. The Hall–Kier alpha value is -1.30. The predicted molar refractivity (Wildman–Crippen MR) is 100 cm³/mol. The molecule has 5 heteroatoms. The van der Waals surface area contributed by atoms with Crippen molar-refractivity contribution in [2.75, 3.05) is 19.6 Å². The zero-order valence-electron chi connectivity index (χ0n) is 13.8. The van der Waals surface area contributed by atoms with Crippen molar-refractivity contribution in [1.82, 2.24) is 10.2 Å². The number of nitrogens with zero attached hydrogens (tertiary/aromatic N) is 1. The number of fused-ring (bicyclic) bond motifs is 2. The highest BCUT2D eigenvalue weighted by atomic mass is 32.2. The summed E-state index contributed by atoms with van der Waals surface area (Å²) in [4.78, 5) is 17.5. The van der Waals surface area contributed by atoms with Crippen LogP contribution in [0.3, 0.4) is 0 Å². The lowest BCUT2D eigenvalue weighted by atomic mass is 9.96. The van der Waals surface area contributed by atoms with Crippen molar-refractivity contribution in [3.8, 4) is 0 Å². The van der Waals surface area contributed by atoms with Crippen LogP contribution in [0.2, 0.25) is 0 Å². The molecule has 1 aromatic carbocycles. The number of hydrogen-bond acceptors (Lipinski definition) is 4. The lowest BCUT2D eigenvalue weighted by Crippen LogP contribution is -2.47. The van der Waals surface area contributed by atoms with Crippen LogP contribution in [0, 0.1) is 12.8 Å². The van der Waals surface area contributed by atoms with Gasteiger partial charge in [-0.1, -0.05) is 11.8 Å². The third-order valence-corrected chi connectivity index (χ3v) is 6.99. The van der Waals surface area contributed by atoms with Crippen molar-refractivity contribution >= 4 is 29.0 Å². The molecule has 2 saturated heterocycles. The molecular formula is C19H22N2OS2. The summed E-state index contributed by atoms with van der Waals surface area (Å²) in [5.74, 6) is 0.836. The SMILES string of the molecule is Cc1ccc(Sc2ccc(C(=O)NC3CC4CCN(C4)C3)cc2)s1. The second kappa shape index (κ2) is 6.90. The van der Waals surface area contributed by atoms with Gasteiger partial charge in [0.2, 0.25) is 0 Å². The largest absolute Gasteiger partial charge is 0.348 e. The maximum Gasteiger partial charge on any atom is 0.251 e. The predicted octanol–water partition coefficient (Wildman–Crippen LogP) is 4.03. The first kappa shape index (κ1) is 16.2. The van der Waals surface area contributed by atoms with Crippen molar-refractivity contribution < 1.29 is 4.79 Å². The van der Waals surface area contributed by atoms with Gasteiger partial charge in [0.05, 0.1) is 4.21 Å². The fraction of sp³-hybridized carbons (Fsp3) is 0.421. The van der Waals surface area contributed by atoms with Gasteiger partial charge in [-0.2, -0.15) is 0 Å². The van der Waals surface area contributed by atoms with Gasteiger partial charge in [-0.05, 0) is 68.6 Å². The number of aryl methyl sites for hydroxylation is 1. The summed E-state index contributed by atoms with van der Waals surface area (Å²) in [6, 6.07) is 12.6. The van der Waals surface area contributed by atoms with Gasteiger partial charge in [-0.25, -0.2) is 0 Å². The van der Waals surface area contributed by atoms with Crippen LogP contribution in [-0.4, -0.2) is 36.5 Å². The van der Waals surface area contributed by atoms with E-state index >= 15 is 0 Å². The number of carbonyl (C=O) groups excluding carboxylic acids is 1. The van der Waals surface area contributed by atoms with Crippen molar-refractivity contribution in [2.45, 2.75) is 34.9 Å². The Morgan fingerprint density at radius 1 is 1.21 bits per heavy atom. The third-order valence-electron chi connectivity index (χ3n) is 4.85. The van der Waals surface area contributed by atoms with Gasteiger partial charge in [0.15, 0.2) is 0 Å². The molecule has 3 heterocycles. The van der Waals surface area contributed by atoms with E-state index in [1.807, 2.05) is 24.3 Å². The first-order valence-electron chi connectivity index (χ1n) is 8.53. The van der Waals surface area contributed by atoms with Crippen LogP contribution in [0.15, 0.2) is 45.5 Å². The molecule has 3 unspecified atom stereocenters. The average molecular weight is 359 g/mol. The minimum atomic E-state index is 0.0611. The van der Waals surface area contributed by atoms with E-state index < -0.39 is 0 Å². The molecular weight excluding hydrogens is 336 g/mol. The lowest BCUT2D eigenvalue weighted by Gasteiger charge is -2.30. The Morgan fingerprint density at radius 2 is 2.04 bits per heavy atom. The number of piperidine rings is 1. The Kier molecular flexibility index (Phi) is 4.66. The van der Waals surface area contributed by atoms with E-state index in [0.29, 0.717) is 6.04 Å². The van der Waals surface area contributed by atoms with Gasteiger partial charge in [0, 0.05) is 34.5 Å². The third kappa shape index (κ3) is 3.68. The lowest BCUT2D eigenvalue weighted by molar-refractivity contribution is 0.0909. The zero-order chi connectivity index (χ0) is 16.5. The Bertz CT molecular complexity index is 713.